The molecule has 120 valence electrons. The van der Waals surface area contributed by atoms with E-state index in [1.54, 1.807) is 12.1 Å². The zero-order valence-corrected chi connectivity index (χ0v) is 14.3. The van der Waals surface area contributed by atoms with Crippen LogP contribution in [-0.4, -0.2) is 32.6 Å². The maximum Gasteiger partial charge on any atom is 0.325 e. The summed E-state index contributed by atoms with van der Waals surface area (Å²) in [6.45, 7) is -0.188. The molecule has 0 aliphatic carbocycles. The molecule has 5 nitrogen and oxygen atoms in total. The van der Waals surface area contributed by atoms with Crippen molar-refractivity contribution in [2.45, 2.75) is 0 Å². The number of halogens is 1. The Morgan fingerprint density at radius 3 is 2.39 bits per heavy atom. The first-order chi connectivity index (χ1) is 11.0. The summed E-state index contributed by atoms with van der Waals surface area (Å²) in [7, 11) is 2.80. The number of hydrogen-bond donors (Lipinski definition) is 1. The van der Waals surface area contributed by atoms with Crippen LogP contribution in [0.1, 0.15) is 10.4 Å². The highest BCUT2D eigenvalue weighted by Gasteiger charge is 2.15. The number of esters is 1. The number of benzene rings is 2. The Balaban J connectivity index is 2.37. The highest BCUT2D eigenvalue weighted by atomic mass is 79.9. The fourth-order valence-electron chi connectivity index (χ4n) is 2.04. The van der Waals surface area contributed by atoms with Gasteiger partial charge in [0.05, 0.1) is 19.8 Å². The Bertz CT molecular complexity index is 713. The molecule has 1 N–H and O–H groups in total. The molecule has 0 saturated heterocycles. The largest absolute Gasteiger partial charge is 0.497 e. The van der Waals surface area contributed by atoms with E-state index in [4.69, 9.17) is 4.74 Å². The van der Waals surface area contributed by atoms with E-state index in [0.29, 0.717) is 11.3 Å². The fraction of sp³-hybridized carbons (Fsp3) is 0.176. The van der Waals surface area contributed by atoms with Crippen LogP contribution in [0.3, 0.4) is 0 Å². The van der Waals surface area contributed by atoms with Gasteiger partial charge in [-0.2, -0.15) is 0 Å². The van der Waals surface area contributed by atoms with E-state index in [1.165, 1.54) is 14.2 Å². The first-order valence-corrected chi connectivity index (χ1v) is 7.63. The minimum absolute atomic E-state index is 0.188. The first kappa shape index (κ1) is 17.0. The Morgan fingerprint density at radius 1 is 1.09 bits per heavy atom. The highest BCUT2D eigenvalue weighted by molar-refractivity contribution is 9.10. The molecule has 0 atom stereocenters. The van der Waals surface area contributed by atoms with Gasteiger partial charge >= 0.3 is 5.97 Å². The van der Waals surface area contributed by atoms with Gasteiger partial charge in [-0.3, -0.25) is 9.59 Å². The van der Waals surface area contributed by atoms with Crippen molar-refractivity contribution in [2.24, 2.45) is 0 Å². The molecular weight excluding hydrogens is 362 g/mol. The number of carbonyl (C=O) groups excluding carboxylic acids is 2. The first-order valence-electron chi connectivity index (χ1n) is 6.84. The minimum atomic E-state index is -0.508. The van der Waals surface area contributed by atoms with Crippen molar-refractivity contribution in [3.8, 4) is 16.9 Å². The van der Waals surface area contributed by atoms with E-state index >= 15 is 0 Å². The second-order valence-electron chi connectivity index (χ2n) is 4.68. The lowest BCUT2D eigenvalue weighted by molar-refractivity contribution is -0.139. The molecule has 2 aromatic carbocycles. The van der Waals surface area contributed by atoms with Crippen molar-refractivity contribution < 1.29 is 19.1 Å². The van der Waals surface area contributed by atoms with Crippen LogP contribution in [0.2, 0.25) is 0 Å². The summed E-state index contributed by atoms with van der Waals surface area (Å²) in [6.07, 6.45) is 0. The summed E-state index contributed by atoms with van der Waals surface area (Å²) < 4.78 is 10.7. The van der Waals surface area contributed by atoms with Crippen LogP contribution in [0, 0.1) is 0 Å². The minimum Gasteiger partial charge on any atom is -0.497 e. The molecule has 0 aliphatic rings. The van der Waals surface area contributed by atoms with Gasteiger partial charge in [0.2, 0.25) is 0 Å². The molecule has 23 heavy (non-hydrogen) atoms. The molecule has 0 fully saturated rings. The summed E-state index contributed by atoms with van der Waals surface area (Å²) in [4.78, 5) is 23.6. The Kier molecular flexibility index (Phi) is 5.76. The van der Waals surface area contributed by atoms with E-state index in [-0.39, 0.29) is 12.5 Å². The number of nitrogens with one attached hydrogen (secondary N) is 1. The van der Waals surface area contributed by atoms with Crippen LogP contribution >= 0.6 is 15.9 Å². The van der Waals surface area contributed by atoms with Crippen molar-refractivity contribution in [2.75, 3.05) is 20.8 Å². The number of amides is 1. The van der Waals surface area contributed by atoms with Gasteiger partial charge in [-0.05, 0) is 41.5 Å². The summed E-state index contributed by atoms with van der Waals surface area (Å²) in [5.41, 5.74) is 2.07. The molecule has 0 radical (unpaired) electrons. The smallest absolute Gasteiger partial charge is 0.325 e. The zero-order chi connectivity index (χ0) is 16.8. The lowest BCUT2D eigenvalue weighted by atomic mass is 9.99. The maximum absolute atomic E-state index is 12.4. The third-order valence-corrected chi connectivity index (χ3v) is 3.78. The second-order valence-corrected chi connectivity index (χ2v) is 5.59. The van der Waals surface area contributed by atoms with Crippen LogP contribution in [0.4, 0.5) is 0 Å². The lowest BCUT2D eigenvalue weighted by Gasteiger charge is -2.12. The van der Waals surface area contributed by atoms with E-state index in [9.17, 15) is 9.59 Å². The van der Waals surface area contributed by atoms with Crippen LogP contribution in [0.5, 0.6) is 5.75 Å². The Labute approximate surface area is 142 Å². The molecule has 0 bridgehead atoms. The zero-order valence-electron chi connectivity index (χ0n) is 12.8. The van der Waals surface area contributed by atoms with Crippen molar-refractivity contribution >= 4 is 27.8 Å². The number of methoxy groups -OCH3 is 2. The molecule has 6 heteroatoms. The van der Waals surface area contributed by atoms with E-state index < -0.39 is 5.97 Å². The van der Waals surface area contributed by atoms with Gasteiger partial charge < -0.3 is 14.8 Å². The molecular formula is C17H16BrNO4. The van der Waals surface area contributed by atoms with Gasteiger partial charge in [-0.15, -0.1) is 0 Å². The summed E-state index contributed by atoms with van der Waals surface area (Å²) >= 11 is 3.39. The maximum atomic E-state index is 12.4. The average Bonchev–Trinajstić information content (AvgIpc) is 2.59. The molecule has 2 rings (SSSR count). The van der Waals surface area contributed by atoms with Gasteiger partial charge in [-0.1, -0.05) is 28.1 Å². The van der Waals surface area contributed by atoms with Gasteiger partial charge in [0.15, 0.2) is 0 Å². The number of rotatable bonds is 5. The third-order valence-electron chi connectivity index (χ3n) is 3.25. The summed E-state index contributed by atoms with van der Waals surface area (Å²) in [5, 5.41) is 2.54. The number of hydrogen-bond acceptors (Lipinski definition) is 4. The van der Waals surface area contributed by atoms with Gasteiger partial charge in [0, 0.05) is 4.47 Å². The normalized spacial score (nSPS) is 10.0. The Morgan fingerprint density at radius 2 is 1.78 bits per heavy atom. The summed E-state index contributed by atoms with van der Waals surface area (Å²) in [6, 6.07) is 12.9. The van der Waals surface area contributed by atoms with Gasteiger partial charge in [-0.25, -0.2) is 0 Å². The predicted molar refractivity (Wildman–Crippen MR) is 90.5 cm³/mol. The fourth-order valence-corrected chi connectivity index (χ4v) is 2.30. The van der Waals surface area contributed by atoms with Crippen LogP contribution < -0.4 is 10.1 Å². The molecule has 0 saturated carbocycles. The van der Waals surface area contributed by atoms with Crippen LogP contribution in [0.15, 0.2) is 46.9 Å². The van der Waals surface area contributed by atoms with Crippen molar-refractivity contribution in [3.63, 3.8) is 0 Å². The third kappa shape index (κ3) is 4.32. The molecule has 0 unspecified atom stereocenters. The van der Waals surface area contributed by atoms with Crippen LogP contribution in [0.25, 0.3) is 11.1 Å². The van der Waals surface area contributed by atoms with Crippen molar-refractivity contribution in [3.05, 3.63) is 52.5 Å². The molecule has 2 aromatic rings. The number of ether oxygens (including phenoxy) is 2. The molecule has 0 aliphatic heterocycles. The monoisotopic (exact) mass is 377 g/mol. The second kappa shape index (κ2) is 7.78. The molecule has 0 heterocycles. The van der Waals surface area contributed by atoms with E-state index in [1.807, 2.05) is 30.3 Å². The quantitative estimate of drug-likeness (QED) is 0.813. The standard InChI is InChI=1S/C17H16BrNO4/c1-22-13-7-8-14(11-3-5-12(18)6-4-11)15(9-13)17(21)19-10-16(20)23-2/h3-9H,10H2,1-2H3,(H,19,21). The van der Waals surface area contributed by atoms with Crippen molar-refractivity contribution in [1.82, 2.24) is 5.32 Å². The lowest BCUT2D eigenvalue weighted by Crippen LogP contribution is -2.30. The topological polar surface area (TPSA) is 64.6 Å². The number of carbonyl (C=O) groups is 2. The van der Waals surface area contributed by atoms with Gasteiger partial charge in [0.1, 0.15) is 12.3 Å². The van der Waals surface area contributed by atoms with Crippen molar-refractivity contribution in [1.29, 1.82) is 0 Å². The van der Waals surface area contributed by atoms with Gasteiger partial charge in [0.25, 0.3) is 5.91 Å². The molecule has 0 spiro atoms. The van der Waals surface area contributed by atoms with Crippen LogP contribution in [-0.2, 0) is 9.53 Å². The van der Waals surface area contributed by atoms with E-state index in [2.05, 4.69) is 26.0 Å². The molecule has 0 aromatic heterocycles. The predicted octanol–water partition coefficient (Wildman–Crippen LogP) is 3.03. The highest BCUT2D eigenvalue weighted by Crippen LogP contribution is 2.28. The summed E-state index contributed by atoms with van der Waals surface area (Å²) in [5.74, 6) is -0.312. The average molecular weight is 378 g/mol. The van der Waals surface area contributed by atoms with E-state index in [0.717, 1.165) is 15.6 Å². The Hall–Kier alpha value is -2.34. The SMILES string of the molecule is COC(=O)CNC(=O)c1cc(OC)ccc1-c1ccc(Br)cc1. The molecule has 1 amide bonds.